The quantitative estimate of drug-likeness (QED) is 0.503. The number of benzene rings is 2. The number of non-ortho nitro benzene ring substituents is 1. The lowest BCUT2D eigenvalue weighted by atomic mass is 10.1. The van der Waals surface area contributed by atoms with Crippen molar-refractivity contribution in [3.8, 4) is 0 Å². The SMILES string of the molecule is Nc1ccc(C(=O)NCc2ccc([N+](=O)[O-])cc2)cc1Br. The third-order valence-corrected chi connectivity index (χ3v) is 3.55. The zero-order chi connectivity index (χ0) is 15.4. The minimum atomic E-state index is -0.464. The van der Waals surface area contributed by atoms with Gasteiger partial charge in [-0.2, -0.15) is 0 Å². The summed E-state index contributed by atoms with van der Waals surface area (Å²) in [5.41, 5.74) is 7.50. The fourth-order valence-electron chi connectivity index (χ4n) is 1.69. The van der Waals surface area contributed by atoms with Gasteiger partial charge in [-0.25, -0.2) is 0 Å². The molecular weight excluding hydrogens is 338 g/mol. The van der Waals surface area contributed by atoms with Gasteiger partial charge in [0.25, 0.3) is 11.6 Å². The van der Waals surface area contributed by atoms with Crippen LogP contribution in [0.15, 0.2) is 46.9 Å². The number of hydrogen-bond donors (Lipinski definition) is 2. The Morgan fingerprint density at radius 2 is 1.90 bits per heavy atom. The fraction of sp³-hybridized carbons (Fsp3) is 0.0714. The minimum absolute atomic E-state index is 0.0209. The van der Waals surface area contributed by atoms with Crippen molar-refractivity contribution in [1.82, 2.24) is 5.32 Å². The van der Waals surface area contributed by atoms with E-state index in [0.29, 0.717) is 22.3 Å². The van der Waals surface area contributed by atoms with Crippen LogP contribution in [0, 0.1) is 10.1 Å². The van der Waals surface area contributed by atoms with Gasteiger partial charge in [0.1, 0.15) is 0 Å². The number of amides is 1. The highest BCUT2D eigenvalue weighted by atomic mass is 79.9. The van der Waals surface area contributed by atoms with E-state index in [1.54, 1.807) is 30.3 Å². The first-order valence-corrected chi connectivity index (χ1v) is 6.83. The molecule has 7 heteroatoms. The molecule has 0 fully saturated rings. The van der Waals surface area contributed by atoms with Gasteiger partial charge in [0.2, 0.25) is 0 Å². The van der Waals surface area contributed by atoms with Crippen LogP contribution in [0.25, 0.3) is 0 Å². The number of nitrogens with zero attached hydrogens (tertiary/aromatic N) is 1. The van der Waals surface area contributed by atoms with E-state index in [2.05, 4.69) is 21.2 Å². The van der Waals surface area contributed by atoms with Crippen LogP contribution in [0.3, 0.4) is 0 Å². The van der Waals surface area contributed by atoms with Gasteiger partial charge in [0, 0.05) is 34.4 Å². The molecule has 6 nitrogen and oxygen atoms in total. The van der Waals surface area contributed by atoms with Crippen molar-refractivity contribution < 1.29 is 9.72 Å². The summed E-state index contributed by atoms with van der Waals surface area (Å²) in [6.07, 6.45) is 0. The number of nitro benzene ring substituents is 1. The lowest BCUT2D eigenvalue weighted by Crippen LogP contribution is -2.22. The minimum Gasteiger partial charge on any atom is -0.398 e. The number of nitrogens with two attached hydrogens (primary N) is 1. The van der Waals surface area contributed by atoms with E-state index >= 15 is 0 Å². The van der Waals surface area contributed by atoms with Crippen LogP contribution in [0.5, 0.6) is 0 Å². The normalized spacial score (nSPS) is 10.1. The average molecular weight is 350 g/mol. The van der Waals surface area contributed by atoms with Crippen LogP contribution >= 0.6 is 15.9 Å². The summed E-state index contributed by atoms with van der Waals surface area (Å²) in [5.74, 6) is -0.242. The third kappa shape index (κ3) is 3.79. The molecule has 0 radical (unpaired) electrons. The zero-order valence-corrected chi connectivity index (χ0v) is 12.5. The highest BCUT2D eigenvalue weighted by Gasteiger charge is 2.08. The van der Waals surface area contributed by atoms with Gasteiger partial charge < -0.3 is 11.1 Å². The number of nitrogen functional groups attached to an aromatic ring is 1. The van der Waals surface area contributed by atoms with E-state index in [1.165, 1.54) is 12.1 Å². The Bertz CT molecular complexity index is 686. The van der Waals surface area contributed by atoms with E-state index in [4.69, 9.17) is 5.73 Å². The zero-order valence-electron chi connectivity index (χ0n) is 10.9. The second-order valence-electron chi connectivity index (χ2n) is 4.34. The molecule has 0 aliphatic heterocycles. The molecule has 0 saturated carbocycles. The van der Waals surface area contributed by atoms with Crippen molar-refractivity contribution in [3.05, 3.63) is 68.2 Å². The predicted molar refractivity (Wildman–Crippen MR) is 82.8 cm³/mol. The standard InChI is InChI=1S/C14H12BrN3O3/c15-12-7-10(3-6-13(12)16)14(19)17-8-9-1-4-11(5-2-9)18(20)21/h1-7H,8,16H2,(H,17,19). The molecule has 2 aromatic carbocycles. The summed E-state index contributed by atoms with van der Waals surface area (Å²) in [5, 5.41) is 13.3. The number of nitrogens with one attached hydrogen (secondary N) is 1. The van der Waals surface area contributed by atoms with Crippen LogP contribution in [0.1, 0.15) is 15.9 Å². The lowest BCUT2D eigenvalue weighted by molar-refractivity contribution is -0.384. The first kappa shape index (κ1) is 15.0. The topological polar surface area (TPSA) is 98.3 Å². The van der Waals surface area contributed by atoms with Crippen molar-refractivity contribution in [1.29, 1.82) is 0 Å². The number of carbonyl (C=O) groups excluding carboxylic acids is 1. The lowest BCUT2D eigenvalue weighted by Gasteiger charge is -2.06. The molecule has 2 aromatic rings. The van der Waals surface area contributed by atoms with E-state index in [9.17, 15) is 14.9 Å². The Morgan fingerprint density at radius 3 is 2.48 bits per heavy atom. The van der Waals surface area contributed by atoms with Gasteiger partial charge >= 0.3 is 0 Å². The van der Waals surface area contributed by atoms with Gasteiger partial charge in [-0.3, -0.25) is 14.9 Å². The summed E-state index contributed by atoms with van der Waals surface area (Å²) >= 11 is 3.26. The molecule has 0 aliphatic carbocycles. The van der Waals surface area contributed by atoms with Gasteiger partial charge in [-0.05, 0) is 39.7 Å². The number of rotatable bonds is 4. The first-order chi connectivity index (χ1) is 9.97. The fourth-order valence-corrected chi connectivity index (χ4v) is 2.07. The van der Waals surface area contributed by atoms with Crippen molar-refractivity contribution >= 4 is 33.2 Å². The van der Waals surface area contributed by atoms with Crippen LogP contribution in [-0.4, -0.2) is 10.8 Å². The number of halogens is 1. The van der Waals surface area contributed by atoms with Gasteiger partial charge in [-0.1, -0.05) is 12.1 Å². The molecule has 0 aromatic heterocycles. The summed E-state index contributed by atoms with van der Waals surface area (Å²) in [6.45, 7) is 0.290. The number of carbonyl (C=O) groups is 1. The molecule has 0 spiro atoms. The Morgan fingerprint density at radius 1 is 1.24 bits per heavy atom. The monoisotopic (exact) mass is 349 g/mol. The molecule has 1 amide bonds. The predicted octanol–water partition coefficient (Wildman–Crippen LogP) is 2.87. The van der Waals surface area contributed by atoms with Gasteiger partial charge in [0.15, 0.2) is 0 Å². The molecule has 0 bridgehead atoms. The average Bonchev–Trinajstić information content (AvgIpc) is 2.48. The molecule has 108 valence electrons. The number of anilines is 1. The van der Waals surface area contributed by atoms with Crippen molar-refractivity contribution in [2.75, 3.05) is 5.73 Å². The molecule has 3 N–H and O–H groups in total. The van der Waals surface area contributed by atoms with Crippen molar-refractivity contribution in [2.45, 2.75) is 6.54 Å². The molecule has 2 rings (SSSR count). The Balaban J connectivity index is 2.00. The van der Waals surface area contributed by atoms with Crippen LogP contribution in [-0.2, 0) is 6.54 Å². The largest absolute Gasteiger partial charge is 0.398 e. The second-order valence-corrected chi connectivity index (χ2v) is 5.20. The molecule has 21 heavy (non-hydrogen) atoms. The van der Waals surface area contributed by atoms with Crippen molar-refractivity contribution in [2.24, 2.45) is 0 Å². The van der Waals surface area contributed by atoms with E-state index in [0.717, 1.165) is 5.56 Å². The molecule has 0 unspecified atom stereocenters. The highest BCUT2D eigenvalue weighted by Crippen LogP contribution is 2.20. The maximum Gasteiger partial charge on any atom is 0.269 e. The summed E-state index contributed by atoms with van der Waals surface area (Å²) in [7, 11) is 0. The maximum atomic E-state index is 12.0. The van der Waals surface area contributed by atoms with Gasteiger partial charge in [0.05, 0.1) is 4.92 Å². The van der Waals surface area contributed by atoms with Crippen LogP contribution in [0.4, 0.5) is 11.4 Å². The molecule has 0 heterocycles. The molecule has 0 aliphatic rings. The summed E-state index contributed by atoms with van der Waals surface area (Å²) in [4.78, 5) is 22.1. The molecular formula is C14H12BrN3O3. The summed E-state index contributed by atoms with van der Waals surface area (Å²) in [6, 6.07) is 10.9. The van der Waals surface area contributed by atoms with Crippen LogP contribution < -0.4 is 11.1 Å². The summed E-state index contributed by atoms with van der Waals surface area (Å²) < 4.78 is 0.658. The van der Waals surface area contributed by atoms with E-state index in [-0.39, 0.29) is 11.6 Å². The van der Waals surface area contributed by atoms with Gasteiger partial charge in [-0.15, -0.1) is 0 Å². The first-order valence-electron chi connectivity index (χ1n) is 6.04. The Labute approximate surface area is 129 Å². The Kier molecular flexibility index (Phi) is 4.54. The number of nitro groups is 1. The second kappa shape index (κ2) is 6.36. The van der Waals surface area contributed by atoms with E-state index in [1.807, 2.05) is 0 Å². The van der Waals surface area contributed by atoms with Crippen molar-refractivity contribution in [3.63, 3.8) is 0 Å². The number of hydrogen-bond acceptors (Lipinski definition) is 4. The Hall–Kier alpha value is -2.41. The van der Waals surface area contributed by atoms with Crippen LogP contribution in [0.2, 0.25) is 0 Å². The smallest absolute Gasteiger partial charge is 0.269 e. The molecule has 0 saturated heterocycles. The highest BCUT2D eigenvalue weighted by molar-refractivity contribution is 9.10. The molecule has 0 atom stereocenters. The maximum absolute atomic E-state index is 12.0. The third-order valence-electron chi connectivity index (χ3n) is 2.86. The van der Waals surface area contributed by atoms with E-state index < -0.39 is 4.92 Å².